The summed E-state index contributed by atoms with van der Waals surface area (Å²) in [6.45, 7) is 1.58. The molecule has 1 heterocycles. The van der Waals surface area contributed by atoms with Gasteiger partial charge < -0.3 is 10.6 Å². The van der Waals surface area contributed by atoms with E-state index in [1.165, 1.54) is 6.07 Å². The number of fused-ring (bicyclic) bond motifs is 1. The largest absolute Gasteiger partial charge is 0.339 e. The lowest BCUT2D eigenvalue weighted by Gasteiger charge is -2.14. The van der Waals surface area contributed by atoms with E-state index in [0.717, 1.165) is 5.52 Å². The molecule has 1 atom stereocenters. The van der Waals surface area contributed by atoms with Crippen molar-refractivity contribution < 1.29 is 9.59 Å². The summed E-state index contributed by atoms with van der Waals surface area (Å²) in [6.07, 6.45) is 0. The van der Waals surface area contributed by atoms with Gasteiger partial charge in [-0.3, -0.25) is 14.7 Å². The van der Waals surface area contributed by atoms with Crippen LogP contribution in [0.4, 0.5) is 5.69 Å². The Kier molecular flexibility index (Phi) is 4.92. The van der Waals surface area contributed by atoms with Crippen LogP contribution in [0.3, 0.4) is 0 Å². The number of rotatable bonds is 4. The number of H-pyrrole nitrogens is 1. The van der Waals surface area contributed by atoms with Crippen LogP contribution in [-0.4, -0.2) is 28.1 Å². The minimum atomic E-state index is -0.766. The van der Waals surface area contributed by atoms with Crippen LogP contribution < -0.4 is 10.6 Å². The third-order valence-corrected chi connectivity index (χ3v) is 4.35. The second-order valence-electron chi connectivity index (χ2n) is 5.43. The Morgan fingerprint density at radius 3 is 2.64 bits per heavy atom. The smallest absolute Gasteiger partial charge is 0.273 e. The molecule has 2 aromatic carbocycles. The summed E-state index contributed by atoms with van der Waals surface area (Å²) in [7, 11) is 0. The molecule has 128 valence electrons. The molecule has 0 bridgehead atoms. The van der Waals surface area contributed by atoms with Crippen molar-refractivity contribution in [1.29, 1.82) is 0 Å². The number of benzene rings is 2. The highest BCUT2D eigenvalue weighted by molar-refractivity contribution is 6.42. The number of hydrogen-bond donors (Lipinski definition) is 3. The molecular formula is C17H14Cl2N4O2. The van der Waals surface area contributed by atoms with E-state index < -0.39 is 11.9 Å². The number of halogens is 2. The molecule has 2 amide bonds. The lowest BCUT2D eigenvalue weighted by atomic mass is 10.2. The highest BCUT2D eigenvalue weighted by Crippen LogP contribution is 2.25. The van der Waals surface area contributed by atoms with Gasteiger partial charge in [0.25, 0.3) is 5.91 Å². The Morgan fingerprint density at radius 1 is 1.12 bits per heavy atom. The molecule has 0 aliphatic heterocycles. The molecule has 0 aliphatic rings. The first-order valence-corrected chi connectivity index (χ1v) is 8.21. The zero-order chi connectivity index (χ0) is 18.0. The average molecular weight is 377 g/mol. The first-order valence-electron chi connectivity index (χ1n) is 7.45. The van der Waals surface area contributed by atoms with Crippen LogP contribution in [0.2, 0.25) is 10.0 Å². The van der Waals surface area contributed by atoms with Crippen LogP contribution in [0.1, 0.15) is 17.4 Å². The monoisotopic (exact) mass is 376 g/mol. The lowest BCUT2D eigenvalue weighted by molar-refractivity contribution is -0.117. The number of carbonyl (C=O) groups excluding carboxylic acids is 2. The number of aromatic amines is 1. The molecular weight excluding hydrogens is 363 g/mol. The third kappa shape index (κ3) is 3.75. The summed E-state index contributed by atoms with van der Waals surface area (Å²) in [4.78, 5) is 24.6. The van der Waals surface area contributed by atoms with Crippen molar-refractivity contribution in [3.8, 4) is 0 Å². The predicted octanol–water partition coefficient (Wildman–Crippen LogP) is 3.63. The quantitative estimate of drug-likeness (QED) is 0.649. The summed E-state index contributed by atoms with van der Waals surface area (Å²) >= 11 is 11.8. The Labute approximate surface area is 153 Å². The highest BCUT2D eigenvalue weighted by atomic mass is 35.5. The summed E-state index contributed by atoms with van der Waals surface area (Å²) in [5, 5.41) is 13.5. The van der Waals surface area contributed by atoms with E-state index >= 15 is 0 Å². The fourth-order valence-corrected chi connectivity index (χ4v) is 2.59. The zero-order valence-electron chi connectivity index (χ0n) is 13.1. The molecule has 0 saturated carbocycles. The summed E-state index contributed by atoms with van der Waals surface area (Å²) in [5.74, 6) is -0.819. The van der Waals surface area contributed by atoms with Crippen LogP contribution >= 0.6 is 23.2 Å². The van der Waals surface area contributed by atoms with Crippen LogP contribution in [0.25, 0.3) is 10.9 Å². The van der Waals surface area contributed by atoms with Crippen LogP contribution in [0, 0.1) is 0 Å². The molecule has 0 radical (unpaired) electrons. The van der Waals surface area contributed by atoms with E-state index in [-0.39, 0.29) is 11.6 Å². The molecule has 25 heavy (non-hydrogen) atoms. The lowest BCUT2D eigenvalue weighted by Crippen LogP contribution is -2.41. The number of carbonyl (C=O) groups is 2. The van der Waals surface area contributed by atoms with Crippen molar-refractivity contribution in [2.75, 3.05) is 5.32 Å². The Morgan fingerprint density at radius 2 is 1.88 bits per heavy atom. The van der Waals surface area contributed by atoms with Crippen LogP contribution in [-0.2, 0) is 4.79 Å². The van der Waals surface area contributed by atoms with Gasteiger partial charge in [-0.1, -0.05) is 41.4 Å². The molecule has 0 saturated heterocycles. The van der Waals surface area contributed by atoms with Gasteiger partial charge in [0, 0.05) is 11.1 Å². The number of aromatic nitrogens is 2. The van der Waals surface area contributed by atoms with Crippen molar-refractivity contribution in [2.45, 2.75) is 13.0 Å². The normalized spacial score (nSPS) is 12.0. The maximum atomic E-state index is 12.4. The number of hydrogen-bond acceptors (Lipinski definition) is 3. The molecule has 0 spiro atoms. The van der Waals surface area contributed by atoms with Gasteiger partial charge in [-0.25, -0.2) is 0 Å². The highest BCUT2D eigenvalue weighted by Gasteiger charge is 2.20. The van der Waals surface area contributed by atoms with Gasteiger partial charge in [0.1, 0.15) is 6.04 Å². The van der Waals surface area contributed by atoms with Crippen molar-refractivity contribution in [3.05, 3.63) is 58.2 Å². The molecule has 3 rings (SSSR count). The van der Waals surface area contributed by atoms with Gasteiger partial charge in [-0.05, 0) is 31.2 Å². The maximum absolute atomic E-state index is 12.4. The van der Waals surface area contributed by atoms with E-state index in [9.17, 15) is 9.59 Å². The van der Waals surface area contributed by atoms with E-state index in [1.807, 2.05) is 18.2 Å². The molecule has 0 aliphatic carbocycles. The second-order valence-corrected chi connectivity index (χ2v) is 6.25. The number of amides is 2. The third-order valence-electron chi connectivity index (χ3n) is 3.61. The van der Waals surface area contributed by atoms with Gasteiger partial charge in [-0.2, -0.15) is 5.10 Å². The minimum absolute atomic E-state index is 0.241. The summed E-state index contributed by atoms with van der Waals surface area (Å²) < 4.78 is 0. The minimum Gasteiger partial charge on any atom is -0.339 e. The number of nitrogens with zero attached hydrogens (tertiary/aromatic N) is 1. The molecule has 3 N–H and O–H groups in total. The second kappa shape index (κ2) is 7.13. The van der Waals surface area contributed by atoms with Crippen molar-refractivity contribution in [2.24, 2.45) is 0 Å². The average Bonchev–Trinajstić information content (AvgIpc) is 3.02. The number of para-hydroxylation sites is 1. The first-order chi connectivity index (χ1) is 12.0. The van der Waals surface area contributed by atoms with Crippen LogP contribution in [0.15, 0.2) is 42.5 Å². The van der Waals surface area contributed by atoms with E-state index in [4.69, 9.17) is 23.2 Å². The van der Waals surface area contributed by atoms with Crippen molar-refractivity contribution in [3.63, 3.8) is 0 Å². The topological polar surface area (TPSA) is 86.9 Å². The molecule has 1 aromatic heterocycles. The standard InChI is InChI=1S/C17H14Cl2N4O2/c1-9(16(24)21-10-6-7-12(18)13(19)8-10)20-17(25)15-11-4-2-3-5-14(11)22-23-15/h2-9H,1H3,(H,20,25)(H,21,24)(H,22,23). The van der Waals surface area contributed by atoms with Gasteiger partial charge >= 0.3 is 0 Å². The number of nitrogens with one attached hydrogen (secondary N) is 3. The Hall–Kier alpha value is -2.57. The van der Waals surface area contributed by atoms with Crippen molar-refractivity contribution in [1.82, 2.24) is 15.5 Å². The summed E-state index contributed by atoms with van der Waals surface area (Å²) in [5.41, 5.74) is 1.48. The first kappa shape index (κ1) is 17.3. The molecule has 3 aromatic rings. The van der Waals surface area contributed by atoms with Crippen LogP contribution in [0.5, 0.6) is 0 Å². The Bertz CT molecular complexity index is 955. The van der Waals surface area contributed by atoms with Crippen molar-refractivity contribution >= 4 is 51.6 Å². The SMILES string of the molecule is CC(NC(=O)c1n[nH]c2ccccc12)C(=O)Nc1ccc(Cl)c(Cl)c1. The van der Waals surface area contributed by atoms with Gasteiger partial charge in [0.2, 0.25) is 5.91 Å². The van der Waals surface area contributed by atoms with E-state index in [2.05, 4.69) is 20.8 Å². The zero-order valence-corrected chi connectivity index (χ0v) is 14.7. The van der Waals surface area contributed by atoms with Gasteiger partial charge in [0.15, 0.2) is 5.69 Å². The summed E-state index contributed by atoms with van der Waals surface area (Å²) in [6, 6.07) is 11.2. The molecule has 0 fully saturated rings. The van der Waals surface area contributed by atoms with E-state index in [1.54, 1.807) is 25.1 Å². The molecule has 1 unspecified atom stereocenters. The predicted molar refractivity (Wildman–Crippen MR) is 98.1 cm³/mol. The van der Waals surface area contributed by atoms with Gasteiger partial charge in [0.05, 0.1) is 15.6 Å². The van der Waals surface area contributed by atoms with Gasteiger partial charge in [-0.15, -0.1) is 0 Å². The Balaban J connectivity index is 1.68. The fourth-order valence-electron chi connectivity index (χ4n) is 2.29. The fraction of sp³-hybridized carbons (Fsp3) is 0.118. The number of anilines is 1. The van der Waals surface area contributed by atoms with E-state index in [0.29, 0.717) is 21.1 Å². The maximum Gasteiger partial charge on any atom is 0.273 e. The molecule has 8 heteroatoms. The molecule has 6 nitrogen and oxygen atoms in total.